The van der Waals surface area contributed by atoms with E-state index in [4.69, 9.17) is 14.7 Å². The maximum Gasteiger partial charge on any atom is 0.410 e. The number of carboxylic acid groups (broad SMARTS) is 1. The van der Waals surface area contributed by atoms with Gasteiger partial charge in [-0.2, -0.15) is 5.48 Å². The van der Waals surface area contributed by atoms with Gasteiger partial charge in [-0.05, 0) is 33.6 Å². The van der Waals surface area contributed by atoms with E-state index in [0.717, 1.165) is 25.7 Å². The van der Waals surface area contributed by atoms with E-state index >= 15 is 0 Å². The van der Waals surface area contributed by atoms with E-state index < -0.39 is 23.2 Å². The van der Waals surface area contributed by atoms with Crippen LogP contribution in [-0.4, -0.2) is 52.4 Å². The zero-order chi connectivity index (χ0) is 16.4. The van der Waals surface area contributed by atoms with Crippen molar-refractivity contribution < 1.29 is 24.3 Å². The molecule has 0 bridgehead atoms. The summed E-state index contributed by atoms with van der Waals surface area (Å²) in [4.78, 5) is 30.2. The van der Waals surface area contributed by atoms with Crippen LogP contribution in [0, 0.1) is 0 Å². The van der Waals surface area contributed by atoms with Gasteiger partial charge in [-0.25, -0.2) is 4.79 Å². The maximum absolute atomic E-state index is 12.0. The summed E-state index contributed by atoms with van der Waals surface area (Å²) in [5.41, 5.74) is 1.65. The highest BCUT2D eigenvalue weighted by Gasteiger charge is 2.48. The Morgan fingerprint density at radius 2 is 1.86 bits per heavy atom. The standard InChI is InChI=1S/C15H26N2O5/c1-14(2,3)21-13(20)17-9-15(10-17,8-12(18)19)16-22-11-6-4-5-7-11/h11,16H,4-10H2,1-3H3,(H,18,19). The largest absolute Gasteiger partial charge is 0.481 e. The molecule has 1 heterocycles. The fourth-order valence-electron chi connectivity index (χ4n) is 2.86. The van der Waals surface area contributed by atoms with Gasteiger partial charge in [-0.15, -0.1) is 0 Å². The first-order valence-electron chi connectivity index (χ1n) is 7.82. The Labute approximate surface area is 130 Å². The fraction of sp³-hybridized carbons (Fsp3) is 0.867. The average Bonchev–Trinajstić information content (AvgIpc) is 2.81. The lowest BCUT2D eigenvalue weighted by Gasteiger charge is -2.49. The first-order valence-corrected chi connectivity index (χ1v) is 7.82. The van der Waals surface area contributed by atoms with Crippen molar-refractivity contribution in [2.75, 3.05) is 13.1 Å². The molecule has 1 aliphatic carbocycles. The third-order valence-electron chi connectivity index (χ3n) is 3.87. The minimum atomic E-state index is -0.911. The molecule has 2 aliphatic rings. The van der Waals surface area contributed by atoms with Crippen molar-refractivity contribution in [1.29, 1.82) is 0 Å². The van der Waals surface area contributed by atoms with Crippen molar-refractivity contribution in [2.24, 2.45) is 0 Å². The van der Waals surface area contributed by atoms with Crippen molar-refractivity contribution in [2.45, 2.75) is 70.1 Å². The van der Waals surface area contributed by atoms with Gasteiger partial charge in [-0.1, -0.05) is 12.8 Å². The quantitative estimate of drug-likeness (QED) is 0.754. The van der Waals surface area contributed by atoms with Crippen LogP contribution in [0.5, 0.6) is 0 Å². The number of amides is 1. The first kappa shape index (κ1) is 17.0. The molecule has 1 saturated carbocycles. The molecule has 2 fully saturated rings. The summed E-state index contributed by atoms with van der Waals surface area (Å²) in [5.74, 6) is -0.911. The number of ether oxygens (including phenoxy) is 1. The fourth-order valence-corrected chi connectivity index (χ4v) is 2.86. The van der Waals surface area contributed by atoms with E-state index in [1.54, 1.807) is 20.8 Å². The number of carbonyl (C=O) groups is 2. The van der Waals surface area contributed by atoms with Gasteiger partial charge in [0.1, 0.15) is 5.60 Å². The Morgan fingerprint density at radius 3 is 2.36 bits per heavy atom. The topological polar surface area (TPSA) is 88.1 Å². The Balaban J connectivity index is 1.86. The number of nitrogens with one attached hydrogen (secondary N) is 1. The van der Waals surface area contributed by atoms with Gasteiger partial charge in [0.25, 0.3) is 0 Å². The molecule has 1 aliphatic heterocycles. The van der Waals surface area contributed by atoms with Crippen LogP contribution in [0.25, 0.3) is 0 Å². The second kappa shape index (κ2) is 6.42. The van der Waals surface area contributed by atoms with E-state index in [9.17, 15) is 9.59 Å². The van der Waals surface area contributed by atoms with Crippen LogP contribution in [0.2, 0.25) is 0 Å². The van der Waals surface area contributed by atoms with E-state index in [1.807, 2.05) is 0 Å². The highest BCUT2D eigenvalue weighted by Crippen LogP contribution is 2.28. The SMILES string of the molecule is CC(C)(C)OC(=O)N1CC(CC(=O)O)(NOC2CCCC2)C1. The van der Waals surface area contributed by atoms with E-state index in [2.05, 4.69) is 5.48 Å². The Bertz CT molecular complexity index is 420. The van der Waals surface area contributed by atoms with Crippen molar-refractivity contribution in [3.8, 4) is 0 Å². The molecular weight excluding hydrogens is 288 g/mol. The van der Waals surface area contributed by atoms with Gasteiger partial charge < -0.3 is 14.7 Å². The maximum atomic E-state index is 12.0. The van der Waals surface area contributed by atoms with Crippen LogP contribution in [0.15, 0.2) is 0 Å². The molecule has 0 aromatic carbocycles. The van der Waals surface area contributed by atoms with E-state index in [-0.39, 0.29) is 25.6 Å². The van der Waals surface area contributed by atoms with Gasteiger partial charge in [0.15, 0.2) is 0 Å². The minimum absolute atomic E-state index is 0.0843. The van der Waals surface area contributed by atoms with Gasteiger partial charge in [0.2, 0.25) is 0 Å². The molecule has 0 aromatic heterocycles. The number of aliphatic carboxylic acids is 1. The molecule has 1 amide bonds. The highest BCUT2D eigenvalue weighted by atomic mass is 16.7. The Hall–Kier alpha value is -1.34. The lowest BCUT2D eigenvalue weighted by atomic mass is 9.87. The molecule has 0 aromatic rings. The Morgan fingerprint density at radius 1 is 1.27 bits per heavy atom. The number of rotatable bonds is 5. The third kappa shape index (κ3) is 4.58. The van der Waals surface area contributed by atoms with Crippen LogP contribution in [0.3, 0.4) is 0 Å². The summed E-state index contributed by atoms with van der Waals surface area (Å²) in [6, 6.07) is 0. The van der Waals surface area contributed by atoms with Crippen molar-refractivity contribution in [1.82, 2.24) is 10.4 Å². The molecule has 1 saturated heterocycles. The molecule has 0 radical (unpaired) electrons. The molecule has 2 rings (SSSR count). The summed E-state index contributed by atoms with van der Waals surface area (Å²) in [6.45, 7) is 5.96. The van der Waals surface area contributed by atoms with Crippen LogP contribution in [0.1, 0.15) is 52.9 Å². The zero-order valence-corrected chi connectivity index (χ0v) is 13.6. The predicted octanol–water partition coefficient (Wildman–Crippen LogP) is 1.91. The third-order valence-corrected chi connectivity index (χ3v) is 3.87. The van der Waals surface area contributed by atoms with Crippen LogP contribution >= 0.6 is 0 Å². The molecule has 22 heavy (non-hydrogen) atoms. The zero-order valence-electron chi connectivity index (χ0n) is 13.6. The summed E-state index contributed by atoms with van der Waals surface area (Å²) in [6.07, 6.45) is 3.90. The number of hydrogen-bond donors (Lipinski definition) is 2. The highest BCUT2D eigenvalue weighted by molar-refractivity contribution is 5.72. The summed E-state index contributed by atoms with van der Waals surface area (Å²) >= 11 is 0. The number of nitrogens with zero attached hydrogens (tertiary/aromatic N) is 1. The lowest BCUT2D eigenvalue weighted by molar-refractivity contribution is -0.152. The monoisotopic (exact) mass is 314 g/mol. The summed E-state index contributed by atoms with van der Waals surface area (Å²) < 4.78 is 5.29. The lowest BCUT2D eigenvalue weighted by Crippen LogP contribution is -2.71. The number of hydroxylamine groups is 1. The molecule has 2 N–H and O–H groups in total. The normalized spacial score (nSPS) is 21.5. The summed E-state index contributed by atoms with van der Waals surface area (Å²) in [5, 5.41) is 9.09. The van der Waals surface area contributed by atoms with Crippen molar-refractivity contribution in [3.63, 3.8) is 0 Å². The molecule has 7 heteroatoms. The van der Waals surface area contributed by atoms with Crippen LogP contribution in [-0.2, 0) is 14.4 Å². The number of carbonyl (C=O) groups excluding carboxylic acids is 1. The molecule has 0 spiro atoms. The molecular formula is C15H26N2O5. The second-order valence-corrected chi connectivity index (χ2v) is 7.31. The van der Waals surface area contributed by atoms with E-state index in [0.29, 0.717) is 0 Å². The first-order chi connectivity index (χ1) is 10.2. The van der Waals surface area contributed by atoms with Gasteiger partial charge >= 0.3 is 12.1 Å². The predicted molar refractivity (Wildman–Crippen MR) is 79.3 cm³/mol. The molecule has 126 valence electrons. The number of carboxylic acids is 1. The van der Waals surface area contributed by atoms with Crippen molar-refractivity contribution >= 4 is 12.1 Å². The molecule has 0 unspecified atom stereocenters. The summed E-state index contributed by atoms with van der Waals surface area (Å²) in [7, 11) is 0. The average molecular weight is 314 g/mol. The van der Waals surface area contributed by atoms with Gasteiger partial charge in [0.05, 0.1) is 18.1 Å². The number of hydrogen-bond acceptors (Lipinski definition) is 5. The Kier molecular flexibility index (Phi) is 4.97. The van der Waals surface area contributed by atoms with Crippen molar-refractivity contribution in [3.05, 3.63) is 0 Å². The van der Waals surface area contributed by atoms with E-state index in [1.165, 1.54) is 4.90 Å². The van der Waals surface area contributed by atoms with Gasteiger partial charge in [0, 0.05) is 13.1 Å². The molecule has 0 atom stereocenters. The number of likely N-dealkylation sites (tertiary alicyclic amines) is 1. The second-order valence-electron chi connectivity index (χ2n) is 7.31. The van der Waals surface area contributed by atoms with Crippen LogP contribution < -0.4 is 5.48 Å². The molecule has 7 nitrogen and oxygen atoms in total. The smallest absolute Gasteiger partial charge is 0.410 e. The van der Waals surface area contributed by atoms with Gasteiger partial charge in [-0.3, -0.25) is 9.63 Å². The minimum Gasteiger partial charge on any atom is -0.481 e. The van der Waals surface area contributed by atoms with Crippen LogP contribution in [0.4, 0.5) is 4.79 Å².